The molecule has 2 N–H and O–H groups in total. The zero-order valence-corrected chi connectivity index (χ0v) is 21.9. The minimum absolute atomic E-state index is 0.0483. The van der Waals surface area contributed by atoms with Crippen molar-refractivity contribution in [2.75, 3.05) is 24.2 Å². The van der Waals surface area contributed by atoms with Crippen molar-refractivity contribution < 1.29 is 28.2 Å². The van der Waals surface area contributed by atoms with Gasteiger partial charge in [0.2, 0.25) is 11.8 Å². The summed E-state index contributed by atoms with van der Waals surface area (Å²) in [5.41, 5.74) is 1.36. The van der Waals surface area contributed by atoms with Crippen LogP contribution in [0.15, 0.2) is 48.7 Å². The lowest BCUT2D eigenvalue weighted by atomic mass is 10.1. The molecule has 10 heteroatoms. The highest BCUT2D eigenvalue weighted by molar-refractivity contribution is 8.12. The lowest BCUT2D eigenvalue weighted by molar-refractivity contribution is -0.120. The summed E-state index contributed by atoms with van der Waals surface area (Å²) in [7, 11) is 0. The number of ether oxygens (including phenoxy) is 2. The Balaban J connectivity index is 1.28. The topological polar surface area (TPSA) is 107 Å². The highest BCUT2D eigenvalue weighted by Gasteiger charge is 2.44. The van der Waals surface area contributed by atoms with E-state index in [1.807, 2.05) is 19.1 Å². The second-order valence-corrected chi connectivity index (χ2v) is 10.2. The Morgan fingerprint density at radius 2 is 1.95 bits per heavy atom. The molecule has 1 fully saturated rings. The summed E-state index contributed by atoms with van der Waals surface area (Å²) in [4.78, 5) is 38.3. The number of aromatic nitrogens is 1. The van der Waals surface area contributed by atoms with Crippen LogP contribution < -0.4 is 20.1 Å². The Kier molecular flexibility index (Phi) is 9.17. The number of fused-ring (bicyclic) bond motifs is 1. The van der Waals surface area contributed by atoms with Gasteiger partial charge in [-0.15, -0.1) is 0 Å². The molecule has 38 heavy (non-hydrogen) atoms. The fourth-order valence-electron chi connectivity index (χ4n) is 3.74. The van der Waals surface area contributed by atoms with Crippen molar-refractivity contribution in [2.45, 2.75) is 39.0 Å². The Labute approximate surface area is 224 Å². The average molecular weight is 540 g/mol. The molecule has 0 saturated heterocycles. The summed E-state index contributed by atoms with van der Waals surface area (Å²) < 4.78 is 26.5. The van der Waals surface area contributed by atoms with Gasteiger partial charge in [0.15, 0.2) is 17.2 Å². The molecule has 8 nitrogen and oxygen atoms in total. The van der Waals surface area contributed by atoms with E-state index >= 15 is 0 Å². The molecule has 1 aromatic heterocycles. The molecule has 3 aromatic rings. The second-order valence-electron chi connectivity index (χ2n) is 9.42. The standard InChI is InChI=1S/C28H30FN3O5S/c1-28(10-11-28)27(35)32-19-5-8-25(22(29)15-19)37-24-9-13-30-23-16-20(6-7-21(23)24)36-14-4-2-3-12-31-26(34)17-38-18-33/h5-9,13,15-16,18H,2-4,10-12,14,17H2,1H3,(H,31,34)(H,32,35). The number of benzene rings is 2. The van der Waals surface area contributed by atoms with Gasteiger partial charge in [-0.1, -0.05) is 18.7 Å². The van der Waals surface area contributed by atoms with Gasteiger partial charge >= 0.3 is 0 Å². The molecule has 1 aliphatic carbocycles. The van der Waals surface area contributed by atoms with Crippen LogP contribution in [0.2, 0.25) is 0 Å². The largest absolute Gasteiger partial charge is 0.494 e. The first-order chi connectivity index (χ1) is 18.4. The summed E-state index contributed by atoms with van der Waals surface area (Å²) in [5, 5.41) is 6.25. The number of nitrogens with one attached hydrogen (secondary N) is 2. The number of carbonyl (C=O) groups is 3. The lowest BCUT2D eigenvalue weighted by Gasteiger charge is -2.13. The van der Waals surface area contributed by atoms with E-state index in [4.69, 9.17) is 9.47 Å². The van der Waals surface area contributed by atoms with Crippen molar-refractivity contribution in [3.8, 4) is 17.2 Å². The Bertz CT molecular complexity index is 1310. The molecule has 1 aliphatic rings. The van der Waals surface area contributed by atoms with Crippen LogP contribution in [0.1, 0.15) is 39.0 Å². The monoisotopic (exact) mass is 539 g/mol. The fourth-order valence-corrected chi connectivity index (χ4v) is 4.06. The molecule has 1 saturated carbocycles. The predicted octanol–water partition coefficient (Wildman–Crippen LogP) is 5.49. The first-order valence-electron chi connectivity index (χ1n) is 12.5. The van der Waals surface area contributed by atoms with Crippen molar-refractivity contribution in [1.82, 2.24) is 10.3 Å². The molecule has 2 amide bonds. The third kappa shape index (κ3) is 7.44. The fraction of sp³-hybridized carbons (Fsp3) is 0.357. The quantitative estimate of drug-likeness (QED) is 0.206. The normalized spacial score (nSPS) is 13.5. The maximum absolute atomic E-state index is 14.8. The summed E-state index contributed by atoms with van der Waals surface area (Å²) >= 11 is 0.938. The molecule has 0 aliphatic heterocycles. The second kappa shape index (κ2) is 12.7. The van der Waals surface area contributed by atoms with Gasteiger partial charge in [-0.3, -0.25) is 19.4 Å². The zero-order chi connectivity index (χ0) is 27.0. The molecule has 4 rings (SSSR count). The Morgan fingerprint density at radius 3 is 2.71 bits per heavy atom. The van der Waals surface area contributed by atoms with Gasteiger partial charge in [0, 0.05) is 41.4 Å². The SMILES string of the molecule is CC1(C(=O)Nc2ccc(Oc3ccnc4cc(OCCCCCNC(=O)CSC=O)ccc34)c(F)c2)CC1. The number of hydrogen-bond acceptors (Lipinski definition) is 7. The van der Waals surface area contributed by atoms with Gasteiger partial charge in [0.05, 0.1) is 17.9 Å². The number of unbranched alkanes of at least 4 members (excludes halogenated alkanes) is 2. The van der Waals surface area contributed by atoms with E-state index in [0.717, 1.165) is 43.9 Å². The minimum Gasteiger partial charge on any atom is -0.494 e. The number of nitrogens with zero attached hydrogens (tertiary/aromatic N) is 1. The molecule has 0 spiro atoms. The lowest BCUT2D eigenvalue weighted by Crippen LogP contribution is -2.26. The number of pyridine rings is 1. The van der Waals surface area contributed by atoms with Crippen LogP contribution in [0.4, 0.5) is 10.1 Å². The van der Waals surface area contributed by atoms with E-state index in [9.17, 15) is 18.8 Å². The molecular formula is C28H30FN3O5S. The zero-order valence-electron chi connectivity index (χ0n) is 21.1. The van der Waals surface area contributed by atoms with E-state index in [2.05, 4.69) is 15.6 Å². The van der Waals surface area contributed by atoms with Crippen molar-refractivity contribution in [1.29, 1.82) is 0 Å². The van der Waals surface area contributed by atoms with Crippen LogP contribution in [0.5, 0.6) is 17.2 Å². The van der Waals surface area contributed by atoms with E-state index in [0.29, 0.717) is 46.9 Å². The average Bonchev–Trinajstić information content (AvgIpc) is 3.67. The first kappa shape index (κ1) is 27.4. The number of thioether (sulfide) groups is 1. The summed E-state index contributed by atoms with van der Waals surface area (Å²) in [6.45, 7) is 2.98. The molecule has 2 aromatic carbocycles. The highest BCUT2D eigenvalue weighted by Crippen LogP contribution is 2.45. The Hall–Kier alpha value is -3.66. The first-order valence-corrected chi connectivity index (χ1v) is 13.6. The number of hydrogen-bond donors (Lipinski definition) is 2. The molecule has 0 atom stereocenters. The third-order valence-corrected chi connectivity index (χ3v) is 6.89. The van der Waals surface area contributed by atoms with E-state index < -0.39 is 5.82 Å². The number of carbonyl (C=O) groups excluding carboxylic acids is 3. The van der Waals surface area contributed by atoms with Crippen LogP contribution in [-0.2, 0) is 14.4 Å². The Morgan fingerprint density at radius 1 is 1.11 bits per heavy atom. The molecule has 0 unspecified atom stereocenters. The summed E-state index contributed by atoms with van der Waals surface area (Å²) in [6.07, 6.45) is 5.81. The third-order valence-electron chi connectivity index (χ3n) is 6.33. The smallest absolute Gasteiger partial charge is 0.230 e. The molecular weight excluding hydrogens is 509 g/mol. The van der Waals surface area contributed by atoms with Crippen LogP contribution >= 0.6 is 11.8 Å². The van der Waals surface area contributed by atoms with Crippen molar-refractivity contribution >= 4 is 45.8 Å². The van der Waals surface area contributed by atoms with Crippen molar-refractivity contribution in [3.05, 3.63) is 54.5 Å². The van der Waals surface area contributed by atoms with E-state index in [1.54, 1.807) is 24.4 Å². The highest BCUT2D eigenvalue weighted by atomic mass is 32.2. The van der Waals surface area contributed by atoms with Gasteiger partial charge in [0.1, 0.15) is 11.5 Å². The molecule has 200 valence electrons. The van der Waals surface area contributed by atoms with Crippen LogP contribution in [0.25, 0.3) is 10.9 Å². The number of anilines is 1. The summed E-state index contributed by atoms with van der Waals surface area (Å²) in [6, 6.07) is 11.5. The number of rotatable bonds is 14. The van der Waals surface area contributed by atoms with Crippen LogP contribution in [0, 0.1) is 11.2 Å². The van der Waals surface area contributed by atoms with Crippen LogP contribution in [-0.4, -0.2) is 41.3 Å². The van der Waals surface area contributed by atoms with Gasteiger partial charge < -0.3 is 20.1 Å². The van der Waals surface area contributed by atoms with E-state index in [1.165, 1.54) is 12.1 Å². The van der Waals surface area contributed by atoms with E-state index in [-0.39, 0.29) is 28.7 Å². The maximum atomic E-state index is 14.8. The van der Waals surface area contributed by atoms with Crippen LogP contribution in [0.3, 0.4) is 0 Å². The van der Waals surface area contributed by atoms with Crippen molar-refractivity contribution in [2.24, 2.45) is 5.41 Å². The molecule has 0 radical (unpaired) electrons. The minimum atomic E-state index is -0.576. The number of amides is 2. The van der Waals surface area contributed by atoms with Gasteiger partial charge in [-0.05, 0) is 62.4 Å². The van der Waals surface area contributed by atoms with Gasteiger partial charge in [0.25, 0.3) is 0 Å². The maximum Gasteiger partial charge on any atom is 0.230 e. The molecule has 1 heterocycles. The van der Waals surface area contributed by atoms with Gasteiger partial charge in [-0.2, -0.15) is 0 Å². The van der Waals surface area contributed by atoms with Crippen molar-refractivity contribution in [3.63, 3.8) is 0 Å². The predicted molar refractivity (Wildman–Crippen MR) is 146 cm³/mol. The summed E-state index contributed by atoms with van der Waals surface area (Å²) in [5.74, 6) is 0.500. The van der Waals surface area contributed by atoms with Gasteiger partial charge in [-0.25, -0.2) is 4.39 Å². The molecule has 0 bridgehead atoms. The number of halogens is 1.